The van der Waals surface area contributed by atoms with Gasteiger partial charge >= 0.3 is 12.1 Å². The summed E-state index contributed by atoms with van der Waals surface area (Å²) in [4.78, 5) is 50.6. The molecule has 0 aliphatic heterocycles. The molecule has 148 valence electrons. The van der Waals surface area contributed by atoms with Crippen molar-refractivity contribution >= 4 is 40.9 Å². The summed E-state index contributed by atoms with van der Waals surface area (Å²) in [7, 11) is 6.11. The van der Waals surface area contributed by atoms with Gasteiger partial charge in [-0.15, -0.1) is 0 Å². The Morgan fingerprint density at radius 2 is 1.54 bits per heavy atom. The summed E-state index contributed by atoms with van der Waals surface area (Å²) >= 11 is 5.96. The zero-order chi connectivity index (χ0) is 21.0. The van der Waals surface area contributed by atoms with Crippen LogP contribution in [0, 0.1) is 0 Å². The number of amides is 4. The van der Waals surface area contributed by atoms with E-state index < -0.39 is 23.6 Å². The number of ether oxygens (including phenoxy) is 1. The van der Waals surface area contributed by atoms with Crippen LogP contribution in [-0.4, -0.2) is 61.6 Å². The van der Waals surface area contributed by atoms with Gasteiger partial charge in [0.15, 0.2) is 11.5 Å². The van der Waals surface area contributed by atoms with Gasteiger partial charge in [0.05, 0.1) is 11.4 Å². The first-order chi connectivity index (χ1) is 13.1. The van der Waals surface area contributed by atoms with Crippen LogP contribution in [0.15, 0.2) is 41.8 Å². The Hall–Kier alpha value is -3.33. The number of allylic oxidation sites excluding steroid dienone is 2. The third-order valence-electron chi connectivity index (χ3n) is 3.50. The summed E-state index contributed by atoms with van der Waals surface area (Å²) < 4.78 is 5.54. The molecule has 1 aliphatic rings. The van der Waals surface area contributed by atoms with Gasteiger partial charge in [0, 0.05) is 45.4 Å². The number of benzene rings is 1. The molecule has 0 bridgehead atoms. The quantitative estimate of drug-likeness (QED) is 0.743. The number of hydrogen-bond acceptors (Lipinski definition) is 5. The number of urea groups is 2. The molecule has 0 atom stereocenters. The smallest absolute Gasteiger partial charge is 0.321 e. The van der Waals surface area contributed by atoms with Crippen LogP contribution in [0.3, 0.4) is 0 Å². The second-order valence-corrected chi connectivity index (χ2v) is 6.62. The summed E-state index contributed by atoms with van der Waals surface area (Å²) in [5.74, 6) is -1.34. The van der Waals surface area contributed by atoms with Gasteiger partial charge in [-0.1, -0.05) is 11.6 Å². The van der Waals surface area contributed by atoms with Crippen LogP contribution < -0.4 is 15.4 Å². The highest BCUT2D eigenvalue weighted by atomic mass is 35.5. The standard InChI is InChI=1S/C18H19ClN4O5/c1-22(2)17(26)20-11-8-14(25)16(9-13(11)24)28-15-6-5-10(19)7-12(15)21-18(27)23(3)4/h5-9H,1-4H3,(H,20,26)(H,21,27). The second-order valence-electron chi connectivity index (χ2n) is 6.19. The number of nitrogens with one attached hydrogen (secondary N) is 2. The Kier molecular flexibility index (Phi) is 6.42. The molecule has 1 aromatic carbocycles. The van der Waals surface area contributed by atoms with Crippen molar-refractivity contribution in [3.63, 3.8) is 0 Å². The summed E-state index contributed by atoms with van der Waals surface area (Å²) in [6.07, 6.45) is 1.95. The molecule has 1 aromatic rings. The van der Waals surface area contributed by atoms with E-state index in [1.165, 1.54) is 42.1 Å². The molecule has 10 heteroatoms. The van der Waals surface area contributed by atoms with E-state index in [9.17, 15) is 19.2 Å². The fourth-order valence-corrected chi connectivity index (χ4v) is 2.15. The lowest BCUT2D eigenvalue weighted by Gasteiger charge is -2.18. The summed E-state index contributed by atoms with van der Waals surface area (Å²) in [5, 5.41) is 5.27. The first kappa shape index (κ1) is 21.0. The van der Waals surface area contributed by atoms with Gasteiger partial charge in [0.1, 0.15) is 0 Å². The highest BCUT2D eigenvalue weighted by molar-refractivity contribution is 6.31. The van der Waals surface area contributed by atoms with E-state index in [2.05, 4.69) is 10.6 Å². The molecule has 0 aromatic heterocycles. The molecule has 2 rings (SSSR count). The monoisotopic (exact) mass is 406 g/mol. The molecule has 4 amide bonds. The second kappa shape index (κ2) is 8.57. The molecular formula is C18H19ClN4O5. The van der Waals surface area contributed by atoms with Crippen molar-refractivity contribution in [3.8, 4) is 5.75 Å². The third kappa shape index (κ3) is 5.10. The van der Waals surface area contributed by atoms with Crippen molar-refractivity contribution < 1.29 is 23.9 Å². The number of ketones is 2. The van der Waals surface area contributed by atoms with Crippen molar-refractivity contribution in [1.82, 2.24) is 15.1 Å². The number of nitrogens with zero attached hydrogens (tertiary/aromatic N) is 2. The van der Waals surface area contributed by atoms with Crippen molar-refractivity contribution in [2.75, 3.05) is 33.5 Å². The normalized spacial score (nSPS) is 13.3. The number of anilines is 1. The van der Waals surface area contributed by atoms with E-state index in [1.807, 2.05) is 0 Å². The van der Waals surface area contributed by atoms with Crippen molar-refractivity contribution in [2.24, 2.45) is 0 Å². The lowest BCUT2D eigenvalue weighted by atomic mass is 10.1. The van der Waals surface area contributed by atoms with E-state index in [0.717, 1.165) is 12.2 Å². The van der Waals surface area contributed by atoms with Gasteiger partial charge in [-0.3, -0.25) is 9.59 Å². The first-order valence-corrected chi connectivity index (χ1v) is 8.42. The van der Waals surface area contributed by atoms with Crippen LogP contribution in [0.4, 0.5) is 15.3 Å². The lowest BCUT2D eigenvalue weighted by molar-refractivity contribution is -0.116. The molecule has 0 radical (unpaired) electrons. The van der Waals surface area contributed by atoms with Gasteiger partial charge in [-0.05, 0) is 18.2 Å². The van der Waals surface area contributed by atoms with Crippen molar-refractivity contribution in [3.05, 3.63) is 46.8 Å². The van der Waals surface area contributed by atoms with Crippen molar-refractivity contribution in [2.45, 2.75) is 0 Å². The highest BCUT2D eigenvalue weighted by Crippen LogP contribution is 2.30. The first-order valence-electron chi connectivity index (χ1n) is 8.04. The van der Waals surface area contributed by atoms with Crippen LogP contribution in [0.1, 0.15) is 0 Å². The predicted molar refractivity (Wildman–Crippen MR) is 103 cm³/mol. The fourth-order valence-electron chi connectivity index (χ4n) is 1.98. The largest absolute Gasteiger partial charge is 0.451 e. The number of rotatable bonds is 4. The molecule has 0 spiro atoms. The average Bonchev–Trinajstić information content (AvgIpc) is 2.60. The molecule has 0 saturated carbocycles. The number of carbonyl (C=O) groups excluding carboxylic acids is 4. The predicted octanol–water partition coefficient (Wildman–Crippen LogP) is 2.00. The molecule has 0 heterocycles. The topological polar surface area (TPSA) is 108 Å². The molecule has 2 N–H and O–H groups in total. The lowest BCUT2D eigenvalue weighted by Crippen LogP contribution is -2.37. The summed E-state index contributed by atoms with van der Waals surface area (Å²) in [6, 6.07) is 3.44. The SMILES string of the molecule is CN(C)C(=O)NC1=CC(=O)C(Oc2ccc(Cl)cc2NC(=O)N(C)C)=CC1=O. The van der Waals surface area contributed by atoms with Gasteiger partial charge in [0.2, 0.25) is 11.6 Å². The number of halogens is 1. The van der Waals surface area contributed by atoms with Gasteiger partial charge in [-0.25, -0.2) is 9.59 Å². The van der Waals surface area contributed by atoms with E-state index in [1.54, 1.807) is 14.1 Å². The minimum atomic E-state index is -0.617. The minimum absolute atomic E-state index is 0.126. The Labute approximate surface area is 166 Å². The van der Waals surface area contributed by atoms with Crippen LogP contribution in [0.5, 0.6) is 5.75 Å². The zero-order valence-electron chi connectivity index (χ0n) is 15.7. The van der Waals surface area contributed by atoms with Crippen LogP contribution in [0.25, 0.3) is 0 Å². The molecule has 0 unspecified atom stereocenters. The molecule has 9 nitrogen and oxygen atoms in total. The summed E-state index contributed by atoms with van der Waals surface area (Å²) in [5.41, 5.74) is 0.0660. The fraction of sp³-hybridized carbons (Fsp3) is 0.222. The van der Waals surface area contributed by atoms with Gasteiger partial charge < -0.3 is 25.2 Å². The van der Waals surface area contributed by atoms with Crippen LogP contribution in [0.2, 0.25) is 5.02 Å². The molecule has 0 fully saturated rings. The Morgan fingerprint density at radius 1 is 0.929 bits per heavy atom. The van der Waals surface area contributed by atoms with Crippen LogP contribution >= 0.6 is 11.6 Å². The van der Waals surface area contributed by atoms with Crippen molar-refractivity contribution in [1.29, 1.82) is 0 Å². The van der Waals surface area contributed by atoms with Crippen LogP contribution in [-0.2, 0) is 9.59 Å². The molecule has 0 saturated heterocycles. The molecule has 28 heavy (non-hydrogen) atoms. The average molecular weight is 407 g/mol. The van der Waals surface area contributed by atoms with E-state index in [4.69, 9.17) is 16.3 Å². The Bertz CT molecular complexity index is 905. The summed E-state index contributed by atoms with van der Waals surface area (Å²) in [6.45, 7) is 0. The Morgan fingerprint density at radius 3 is 2.14 bits per heavy atom. The third-order valence-corrected chi connectivity index (χ3v) is 3.74. The van der Waals surface area contributed by atoms with E-state index in [0.29, 0.717) is 5.02 Å². The zero-order valence-corrected chi connectivity index (χ0v) is 16.5. The van der Waals surface area contributed by atoms with Gasteiger partial charge in [0.25, 0.3) is 0 Å². The maximum Gasteiger partial charge on any atom is 0.321 e. The maximum absolute atomic E-state index is 12.3. The maximum atomic E-state index is 12.3. The number of hydrogen-bond donors (Lipinski definition) is 2. The number of carbonyl (C=O) groups is 4. The molecular weight excluding hydrogens is 388 g/mol. The molecule has 1 aliphatic carbocycles. The van der Waals surface area contributed by atoms with E-state index in [-0.39, 0.29) is 22.9 Å². The highest BCUT2D eigenvalue weighted by Gasteiger charge is 2.24. The van der Waals surface area contributed by atoms with Gasteiger partial charge in [-0.2, -0.15) is 0 Å². The minimum Gasteiger partial charge on any atom is -0.451 e. The Balaban J connectivity index is 2.23. The van der Waals surface area contributed by atoms with E-state index >= 15 is 0 Å².